The average Bonchev–Trinajstić information content (AvgIpc) is 3.27. The summed E-state index contributed by atoms with van der Waals surface area (Å²) in [5.74, 6) is 0. The lowest BCUT2D eigenvalue weighted by Gasteiger charge is -1.91. The summed E-state index contributed by atoms with van der Waals surface area (Å²) in [5, 5.41) is 0. The van der Waals surface area contributed by atoms with E-state index in [9.17, 15) is 0 Å². The van der Waals surface area contributed by atoms with E-state index in [1.807, 2.05) is 56.7 Å². The average molecular weight is 393 g/mol. The van der Waals surface area contributed by atoms with E-state index in [1.165, 1.54) is 20.5 Å². The first-order chi connectivity index (χ1) is 11.1. The van der Waals surface area contributed by atoms with Crippen molar-refractivity contribution in [2.24, 2.45) is 0 Å². The van der Waals surface area contributed by atoms with Crippen molar-refractivity contribution in [3.63, 3.8) is 0 Å². The van der Waals surface area contributed by atoms with E-state index in [-0.39, 0.29) is 0 Å². The van der Waals surface area contributed by atoms with Crippen molar-refractivity contribution in [3.8, 4) is 0 Å². The molecule has 0 aliphatic carbocycles. The maximum absolute atomic E-state index is 2.31. The monoisotopic (exact) mass is 392 g/mol. The second-order valence-electron chi connectivity index (χ2n) is 5.95. The normalized spacial score (nSPS) is 12.7. The van der Waals surface area contributed by atoms with Crippen molar-refractivity contribution in [3.05, 3.63) is 20.9 Å². The predicted octanol–water partition coefficient (Wildman–Crippen LogP) is 8.35. The van der Waals surface area contributed by atoms with Gasteiger partial charge in [-0.1, -0.05) is 13.8 Å². The van der Waals surface area contributed by atoms with Crippen LogP contribution in [0.25, 0.3) is 37.6 Å². The molecule has 0 saturated heterocycles. The molecule has 0 N–H and O–H groups in total. The number of aryl methyl sites for hydroxylation is 4. The smallest absolute Gasteiger partial charge is 0.0651 e. The van der Waals surface area contributed by atoms with Crippen LogP contribution < -0.4 is 0 Å². The van der Waals surface area contributed by atoms with Crippen LogP contribution in [0, 0.1) is 13.8 Å². The minimum Gasteiger partial charge on any atom is -0.138 e. The highest BCUT2D eigenvalue weighted by atomic mass is 32.1. The number of rotatable bonds is 2. The highest BCUT2D eigenvalue weighted by Crippen LogP contribution is 2.54. The molecule has 0 amide bonds. The molecule has 5 aromatic rings. The second-order valence-corrected chi connectivity index (χ2v) is 11.2. The van der Waals surface area contributed by atoms with Crippen molar-refractivity contribution >= 4 is 94.3 Å². The zero-order valence-electron chi connectivity index (χ0n) is 13.5. The van der Waals surface area contributed by atoms with Crippen LogP contribution in [0.15, 0.2) is 0 Å². The Morgan fingerprint density at radius 2 is 0.783 bits per heavy atom. The molecule has 0 aromatic carbocycles. The summed E-state index contributed by atoms with van der Waals surface area (Å²) in [6.07, 6.45) is 2.32. The lowest BCUT2D eigenvalue weighted by Crippen LogP contribution is -1.74. The van der Waals surface area contributed by atoms with Gasteiger partial charge in [0.05, 0.1) is 37.6 Å². The van der Waals surface area contributed by atoms with Crippen molar-refractivity contribution in [2.45, 2.75) is 40.5 Å². The van der Waals surface area contributed by atoms with E-state index in [4.69, 9.17) is 0 Å². The molecule has 0 fully saturated rings. The summed E-state index contributed by atoms with van der Waals surface area (Å²) in [4.78, 5) is 3.13. The van der Waals surface area contributed by atoms with Gasteiger partial charge in [-0.2, -0.15) is 0 Å². The zero-order valence-corrected chi connectivity index (χ0v) is 17.5. The second kappa shape index (κ2) is 5.02. The van der Waals surface area contributed by atoms with Gasteiger partial charge < -0.3 is 0 Å². The topological polar surface area (TPSA) is 0 Å². The molecule has 0 aliphatic rings. The SMILES string of the molecule is CCc1sc2c(sc3c2sc2c4sc(CC)c(C)c4sc23)c1C. The van der Waals surface area contributed by atoms with Gasteiger partial charge in [0.15, 0.2) is 0 Å². The van der Waals surface area contributed by atoms with Crippen LogP contribution in [-0.4, -0.2) is 0 Å². The fourth-order valence-electron chi connectivity index (χ4n) is 3.39. The van der Waals surface area contributed by atoms with Gasteiger partial charge >= 0.3 is 0 Å². The Morgan fingerprint density at radius 1 is 0.478 bits per heavy atom. The van der Waals surface area contributed by atoms with Gasteiger partial charge in [-0.05, 0) is 37.8 Å². The van der Waals surface area contributed by atoms with Gasteiger partial charge in [-0.25, -0.2) is 0 Å². The molecule has 0 atom stereocenters. The van der Waals surface area contributed by atoms with Crippen molar-refractivity contribution < 1.29 is 0 Å². The van der Waals surface area contributed by atoms with Gasteiger partial charge in [-0.3, -0.25) is 0 Å². The van der Waals surface area contributed by atoms with E-state index in [0.717, 1.165) is 12.8 Å². The maximum atomic E-state index is 2.31. The van der Waals surface area contributed by atoms with E-state index < -0.39 is 0 Å². The summed E-state index contributed by atoms with van der Waals surface area (Å²) in [6, 6.07) is 0. The lowest BCUT2D eigenvalue weighted by molar-refractivity contribution is 1.16. The number of hydrogen-bond donors (Lipinski definition) is 0. The zero-order chi connectivity index (χ0) is 15.9. The maximum Gasteiger partial charge on any atom is 0.0651 e. The molecule has 5 heterocycles. The first-order valence-corrected chi connectivity index (χ1v) is 12.0. The molecule has 5 aromatic heterocycles. The van der Waals surface area contributed by atoms with Crippen LogP contribution in [0.5, 0.6) is 0 Å². The third-order valence-electron chi connectivity index (χ3n) is 4.67. The standard InChI is InChI=1S/C18H16S5/c1-5-9-7(3)11-13(19-9)15-17(21-11)18-16(23-15)14-12(22-18)8(4)10(6-2)20-14/h5-6H2,1-4H3. The molecule has 0 aliphatic heterocycles. The molecule has 5 heteroatoms. The molecule has 5 rings (SSSR count). The number of thiophene rings is 5. The van der Waals surface area contributed by atoms with Crippen LogP contribution in [-0.2, 0) is 12.8 Å². The minimum atomic E-state index is 1.16. The molecule has 0 radical (unpaired) electrons. The molecular weight excluding hydrogens is 377 g/mol. The first kappa shape index (κ1) is 14.8. The lowest BCUT2D eigenvalue weighted by atomic mass is 10.2. The molecule has 118 valence electrons. The minimum absolute atomic E-state index is 1.16. The van der Waals surface area contributed by atoms with Gasteiger partial charge in [0, 0.05) is 9.75 Å². The largest absolute Gasteiger partial charge is 0.138 e. The summed E-state index contributed by atoms with van der Waals surface area (Å²) in [7, 11) is 0. The first-order valence-electron chi connectivity index (χ1n) is 7.91. The highest BCUT2D eigenvalue weighted by molar-refractivity contribution is 7.48. The van der Waals surface area contributed by atoms with Gasteiger partial charge in [0.1, 0.15) is 0 Å². The van der Waals surface area contributed by atoms with E-state index >= 15 is 0 Å². The molecule has 0 unspecified atom stereocenters. The Bertz CT molecular complexity index is 1110. The van der Waals surface area contributed by atoms with Crippen molar-refractivity contribution in [1.82, 2.24) is 0 Å². The quantitative estimate of drug-likeness (QED) is 0.283. The Morgan fingerprint density at radius 3 is 1.13 bits per heavy atom. The number of fused-ring (bicyclic) bond motifs is 7. The fraction of sp³-hybridized carbons (Fsp3) is 0.333. The van der Waals surface area contributed by atoms with Crippen LogP contribution in [0.1, 0.15) is 34.7 Å². The summed E-state index contributed by atoms with van der Waals surface area (Å²) in [6.45, 7) is 9.16. The molecule has 0 saturated carbocycles. The fourth-order valence-corrected chi connectivity index (χ4v) is 10.9. The summed E-state index contributed by atoms with van der Waals surface area (Å²) >= 11 is 10.2. The van der Waals surface area contributed by atoms with Crippen LogP contribution in [0.2, 0.25) is 0 Å². The van der Waals surface area contributed by atoms with Gasteiger partial charge in [-0.15, -0.1) is 56.7 Å². The van der Waals surface area contributed by atoms with Crippen LogP contribution in [0.3, 0.4) is 0 Å². The Kier molecular flexibility index (Phi) is 3.24. The molecule has 0 nitrogen and oxygen atoms in total. The highest BCUT2D eigenvalue weighted by Gasteiger charge is 2.22. The van der Waals surface area contributed by atoms with E-state index in [0.29, 0.717) is 0 Å². The number of hydrogen-bond acceptors (Lipinski definition) is 5. The third kappa shape index (κ3) is 1.80. The molecule has 23 heavy (non-hydrogen) atoms. The van der Waals surface area contributed by atoms with E-state index in [1.54, 1.807) is 38.0 Å². The Labute approximate surface area is 155 Å². The van der Waals surface area contributed by atoms with E-state index in [2.05, 4.69) is 27.7 Å². The molecular formula is C18H16S5. The van der Waals surface area contributed by atoms with Crippen LogP contribution >= 0.6 is 56.7 Å². The van der Waals surface area contributed by atoms with Crippen molar-refractivity contribution in [1.29, 1.82) is 0 Å². The van der Waals surface area contributed by atoms with Crippen LogP contribution in [0.4, 0.5) is 0 Å². The molecule has 0 bridgehead atoms. The summed E-state index contributed by atoms with van der Waals surface area (Å²) < 4.78 is 12.4. The van der Waals surface area contributed by atoms with Crippen molar-refractivity contribution in [2.75, 3.05) is 0 Å². The Balaban J connectivity index is 1.92. The van der Waals surface area contributed by atoms with Gasteiger partial charge in [0.25, 0.3) is 0 Å². The molecule has 0 spiro atoms. The third-order valence-corrected chi connectivity index (χ3v) is 12.4. The van der Waals surface area contributed by atoms with Gasteiger partial charge in [0.2, 0.25) is 0 Å². The Hall–Kier alpha value is -0.460. The predicted molar refractivity (Wildman–Crippen MR) is 114 cm³/mol. The summed E-state index contributed by atoms with van der Waals surface area (Å²) in [5.41, 5.74) is 3.05.